The van der Waals surface area contributed by atoms with E-state index in [1.807, 2.05) is 0 Å². The summed E-state index contributed by atoms with van der Waals surface area (Å²) < 4.78 is 18.6. The molecule has 1 aromatic carbocycles. The maximum atomic E-state index is 13.7. The van der Waals surface area contributed by atoms with Crippen molar-refractivity contribution < 1.29 is 13.9 Å². The maximum absolute atomic E-state index is 13.7. The molecule has 1 heterocycles. The van der Waals surface area contributed by atoms with Crippen LogP contribution in [0, 0.1) is 5.82 Å². The molecule has 0 aliphatic carbocycles. The third-order valence-electron chi connectivity index (χ3n) is 3.11. The van der Waals surface area contributed by atoms with E-state index < -0.39 is 0 Å². The van der Waals surface area contributed by atoms with Gasteiger partial charge in [0.05, 0.1) is 7.11 Å². The Morgan fingerprint density at radius 2 is 2.39 bits per heavy atom. The standard InChI is InChI=1S/C13H17FN2O2/c1-18-11-4-2-9(12(14)6-11)7-15-10-3-5-13(17)16-8-10/h2,4,6,10,15H,3,5,7-8H2,1H3,(H,16,17). The summed E-state index contributed by atoms with van der Waals surface area (Å²) in [6.45, 7) is 1.06. The quantitative estimate of drug-likeness (QED) is 0.846. The predicted molar refractivity (Wildman–Crippen MR) is 65.8 cm³/mol. The minimum absolute atomic E-state index is 0.0867. The molecule has 98 valence electrons. The van der Waals surface area contributed by atoms with E-state index in [2.05, 4.69) is 10.6 Å². The van der Waals surface area contributed by atoms with Gasteiger partial charge in [0, 0.05) is 37.2 Å². The number of carbonyl (C=O) groups is 1. The molecule has 0 radical (unpaired) electrons. The Hall–Kier alpha value is -1.62. The summed E-state index contributed by atoms with van der Waals surface area (Å²) in [6.07, 6.45) is 1.33. The SMILES string of the molecule is COc1ccc(CNC2CCC(=O)NC2)c(F)c1. The molecule has 1 aromatic rings. The van der Waals surface area contributed by atoms with Gasteiger partial charge in [0.1, 0.15) is 11.6 Å². The fourth-order valence-electron chi connectivity index (χ4n) is 1.96. The molecule has 1 aliphatic heterocycles. The van der Waals surface area contributed by atoms with E-state index in [0.717, 1.165) is 6.42 Å². The number of carbonyl (C=O) groups excluding carboxylic acids is 1. The van der Waals surface area contributed by atoms with E-state index in [4.69, 9.17) is 4.74 Å². The van der Waals surface area contributed by atoms with Gasteiger partial charge < -0.3 is 15.4 Å². The van der Waals surface area contributed by atoms with Crippen LogP contribution in [0.25, 0.3) is 0 Å². The van der Waals surface area contributed by atoms with Crippen LogP contribution in [-0.4, -0.2) is 25.6 Å². The van der Waals surface area contributed by atoms with Crippen molar-refractivity contribution in [2.24, 2.45) is 0 Å². The highest BCUT2D eigenvalue weighted by Gasteiger charge is 2.17. The highest BCUT2D eigenvalue weighted by molar-refractivity contribution is 5.76. The third kappa shape index (κ3) is 3.20. The average Bonchev–Trinajstić information content (AvgIpc) is 2.39. The molecule has 1 atom stereocenters. The summed E-state index contributed by atoms with van der Waals surface area (Å²) in [4.78, 5) is 11.0. The van der Waals surface area contributed by atoms with Gasteiger partial charge in [-0.1, -0.05) is 6.07 Å². The maximum Gasteiger partial charge on any atom is 0.220 e. The van der Waals surface area contributed by atoms with Crippen LogP contribution in [0.5, 0.6) is 5.75 Å². The van der Waals surface area contributed by atoms with Crippen molar-refractivity contribution >= 4 is 5.91 Å². The number of halogens is 1. The van der Waals surface area contributed by atoms with Crippen molar-refractivity contribution in [3.63, 3.8) is 0 Å². The number of methoxy groups -OCH3 is 1. The van der Waals surface area contributed by atoms with Crippen molar-refractivity contribution in [3.05, 3.63) is 29.6 Å². The summed E-state index contributed by atoms with van der Waals surface area (Å²) in [5.74, 6) is 0.326. The lowest BCUT2D eigenvalue weighted by Crippen LogP contribution is -2.45. The Bertz CT molecular complexity index is 427. The Balaban J connectivity index is 1.88. The summed E-state index contributed by atoms with van der Waals surface area (Å²) in [5, 5.41) is 6.03. The molecule has 1 unspecified atom stereocenters. The van der Waals surface area contributed by atoms with Crippen LogP contribution < -0.4 is 15.4 Å². The average molecular weight is 252 g/mol. The van der Waals surface area contributed by atoms with Crippen LogP contribution in [-0.2, 0) is 11.3 Å². The van der Waals surface area contributed by atoms with E-state index in [0.29, 0.717) is 30.8 Å². The second-order valence-electron chi connectivity index (χ2n) is 4.38. The van der Waals surface area contributed by atoms with Crippen LogP contribution in [0.4, 0.5) is 4.39 Å². The number of hydrogen-bond donors (Lipinski definition) is 2. The molecule has 1 aliphatic rings. The Labute approximate surface area is 106 Å². The summed E-state index contributed by atoms with van der Waals surface area (Å²) in [6, 6.07) is 5.04. The lowest BCUT2D eigenvalue weighted by Gasteiger charge is -2.23. The fourth-order valence-corrected chi connectivity index (χ4v) is 1.96. The number of amides is 1. The van der Waals surface area contributed by atoms with E-state index in [1.54, 1.807) is 12.1 Å². The van der Waals surface area contributed by atoms with E-state index in [1.165, 1.54) is 13.2 Å². The zero-order chi connectivity index (χ0) is 13.0. The molecule has 4 nitrogen and oxygen atoms in total. The Morgan fingerprint density at radius 3 is 3.00 bits per heavy atom. The first kappa shape index (κ1) is 12.8. The van der Waals surface area contributed by atoms with Crippen LogP contribution >= 0.6 is 0 Å². The third-order valence-corrected chi connectivity index (χ3v) is 3.11. The van der Waals surface area contributed by atoms with Crippen molar-refractivity contribution in [1.82, 2.24) is 10.6 Å². The molecular formula is C13H17FN2O2. The zero-order valence-electron chi connectivity index (χ0n) is 10.3. The number of piperidine rings is 1. The molecule has 1 amide bonds. The molecule has 5 heteroatoms. The summed E-state index contributed by atoms with van der Waals surface area (Å²) in [5.41, 5.74) is 0.604. The predicted octanol–water partition coefficient (Wildman–Crippen LogP) is 1.20. The molecule has 2 rings (SSSR count). The van der Waals surface area contributed by atoms with Gasteiger partial charge in [-0.05, 0) is 12.5 Å². The number of nitrogens with one attached hydrogen (secondary N) is 2. The molecule has 18 heavy (non-hydrogen) atoms. The van der Waals surface area contributed by atoms with Gasteiger partial charge in [0.25, 0.3) is 0 Å². The van der Waals surface area contributed by atoms with Gasteiger partial charge in [0.2, 0.25) is 5.91 Å². The highest BCUT2D eigenvalue weighted by atomic mass is 19.1. The molecule has 0 spiro atoms. The molecule has 0 aromatic heterocycles. The van der Waals surface area contributed by atoms with Crippen LogP contribution in [0.1, 0.15) is 18.4 Å². The van der Waals surface area contributed by atoms with Crippen molar-refractivity contribution in [2.45, 2.75) is 25.4 Å². The first-order valence-corrected chi connectivity index (χ1v) is 6.01. The highest BCUT2D eigenvalue weighted by Crippen LogP contribution is 2.16. The van der Waals surface area contributed by atoms with Gasteiger partial charge in [-0.2, -0.15) is 0 Å². The van der Waals surface area contributed by atoms with Crippen molar-refractivity contribution in [1.29, 1.82) is 0 Å². The Kier molecular flexibility index (Phi) is 4.15. The Morgan fingerprint density at radius 1 is 1.56 bits per heavy atom. The van der Waals surface area contributed by atoms with E-state index in [-0.39, 0.29) is 17.8 Å². The van der Waals surface area contributed by atoms with Gasteiger partial charge in [-0.15, -0.1) is 0 Å². The summed E-state index contributed by atoms with van der Waals surface area (Å²) >= 11 is 0. The molecular weight excluding hydrogens is 235 g/mol. The number of rotatable bonds is 4. The van der Waals surface area contributed by atoms with Gasteiger partial charge >= 0.3 is 0 Å². The zero-order valence-corrected chi connectivity index (χ0v) is 10.3. The van der Waals surface area contributed by atoms with Crippen LogP contribution in [0.15, 0.2) is 18.2 Å². The normalized spacial score (nSPS) is 19.4. The number of ether oxygens (including phenoxy) is 1. The second-order valence-corrected chi connectivity index (χ2v) is 4.38. The van der Waals surface area contributed by atoms with Crippen molar-refractivity contribution in [2.75, 3.05) is 13.7 Å². The lowest BCUT2D eigenvalue weighted by atomic mass is 10.1. The smallest absolute Gasteiger partial charge is 0.220 e. The summed E-state index contributed by atoms with van der Waals surface area (Å²) in [7, 11) is 1.51. The molecule has 2 N–H and O–H groups in total. The second kappa shape index (κ2) is 5.82. The largest absolute Gasteiger partial charge is 0.497 e. The fraction of sp³-hybridized carbons (Fsp3) is 0.462. The first-order valence-electron chi connectivity index (χ1n) is 6.01. The first-order chi connectivity index (χ1) is 8.69. The number of benzene rings is 1. The van der Waals surface area contributed by atoms with Crippen LogP contribution in [0.2, 0.25) is 0 Å². The molecule has 1 fully saturated rings. The van der Waals surface area contributed by atoms with Gasteiger partial charge in [-0.3, -0.25) is 4.79 Å². The topological polar surface area (TPSA) is 50.4 Å². The van der Waals surface area contributed by atoms with E-state index >= 15 is 0 Å². The van der Waals surface area contributed by atoms with Crippen molar-refractivity contribution in [3.8, 4) is 5.75 Å². The molecule has 0 bridgehead atoms. The van der Waals surface area contributed by atoms with Gasteiger partial charge in [0.15, 0.2) is 0 Å². The molecule has 1 saturated heterocycles. The minimum Gasteiger partial charge on any atom is -0.497 e. The van der Waals surface area contributed by atoms with E-state index in [9.17, 15) is 9.18 Å². The number of hydrogen-bond acceptors (Lipinski definition) is 3. The van der Waals surface area contributed by atoms with Crippen LogP contribution in [0.3, 0.4) is 0 Å². The minimum atomic E-state index is -0.276. The van der Waals surface area contributed by atoms with Gasteiger partial charge in [-0.25, -0.2) is 4.39 Å². The monoisotopic (exact) mass is 252 g/mol. The molecule has 0 saturated carbocycles. The lowest BCUT2D eigenvalue weighted by molar-refractivity contribution is -0.122.